The fourth-order valence-corrected chi connectivity index (χ4v) is 3.71. The normalized spacial score (nSPS) is 18.3. The molecule has 7 nitrogen and oxygen atoms in total. The summed E-state index contributed by atoms with van der Waals surface area (Å²) in [4.78, 5) is 25.7. The molecule has 1 saturated heterocycles. The molecular weight excluding hydrogens is 408 g/mol. The number of ether oxygens (including phenoxy) is 3. The van der Waals surface area contributed by atoms with E-state index in [2.05, 4.69) is 10.1 Å². The largest absolute Gasteiger partial charge is 0.453 e. The van der Waals surface area contributed by atoms with Gasteiger partial charge >= 0.3 is 12.2 Å². The van der Waals surface area contributed by atoms with Gasteiger partial charge in [-0.1, -0.05) is 30.2 Å². The molecule has 168 valence electrons. The summed E-state index contributed by atoms with van der Waals surface area (Å²) in [7, 11) is 1.32. The fourth-order valence-electron chi connectivity index (χ4n) is 3.51. The maximum Gasteiger partial charge on any atom is 0.410 e. The zero-order valence-corrected chi connectivity index (χ0v) is 19.0. The van der Waals surface area contributed by atoms with Crippen LogP contribution in [0.5, 0.6) is 0 Å². The van der Waals surface area contributed by atoms with Crippen molar-refractivity contribution in [2.45, 2.75) is 51.7 Å². The second kappa shape index (κ2) is 11.4. The zero-order chi connectivity index (χ0) is 22.1. The molecule has 2 atom stereocenters. The number of nitrogens with zero attached hydrogens (tertiary/aromatic N) is 1. The van der Waals surface area contributed by atoms with E-state index in [9.17, 15) is 9.59 Å². The van der Waals surface area contributed by atoms with E-state index in [1.807, 2.05) is 45.0 Å². The quantitative estimate of drug-likeness (QED) is 0.643. The number of hydrogen-bond donors (Lipinski definition) is 1. The van der Waals surface area contributed by atoms with E-state index in [1.54, 1.807) is 4.90 Å². The Balaban J connectivity index is 2.14. The van der Waals surface area contributed by atoms with E-state index in [1.165, 1.54) is 7.11 Å². The highest BCUT2D eigenvalue weighted by molar-refractivity contribution is 6.30. The number of alkyl carbamates (subject to hydrolysis) is 1. The van der Waals surface area contributed by atoms with Gasteiger partial charge in [0.2, 0.25) is 0 Å². The molecule has 1 heterocycles. The van der Waals surface area contributed by atoms with Crippen molar-refractivity contribution < 1.29 is 23.8 Å². The number of likely N-dealkylation sites (tertiary alicyclic amines) is 1. The van der Waals surface area contributed by atoms with Gasteiger partial charge in [-0.2, -0.15) is 0 Å². The van der Waals surface area contributed by atoms with E-state index in [0.717, 1.165) is 24.8 Å². The lowest BCUT2D eigenvalue weighted by Crippen LogP contribution is -2.40. The van der Waals surface area contributed by atoms with Crippen molar-refractivity contribution >= 4 is 23.8 Å². The molecule has 0 saturated carbocycles. The van der Waals surface area contributed by atoms with Gasteiger partial charge in [-0.15, -0.1) is 0 Å². The molecule has 1 aliphatic heterocycles. The molecule has 0 bridgehead atoms. The maximum absolute atomic E-state index is 12.7. The summed E-state index contributed by atoms with van der Waals surface area (Å²) in [5, 5.41) is 3.25. The number of amides is 2. The van der Waals surface area contributed by atoms with Crippen molar-refractivity contribution in [1.82, 2.24) is 10.2 Å². The van der Waals surface area contributed by atoms with Gasteiger partial charge in [0, 0.05) is 30.6 Å². The topological polar surface area (TPSA) is 77.1 Å². The Morgan fingerprint density at radius 1 is 1.30 bits per heavy atom. The molecule has 1 N–H and O–H groups in total. The molecule has 0 unspecified atom stereocenters. The molecule has 1 fully saturated rings. The number of carbonyl (C=O) groups excluding carboxylic acids is 2. The van der Waals surface area contributed by atoms with Crippen LogP contribution in [-0.4, -0.2) is 56.0 Å². The van der Waals surface area contributed by atoms with Gasteiger partial charge < -0.3 is 24.4 Å². The van der Waals surface area contributed by atoms with Gasteiger partial charge in [0.15, 0.2) is 0 Å². The highest BCUT2D eigenvalue weighted by Crippen LogP contribution is 2.34. The van der Waals surface area contributed by atoms with Crippen molar-refractivity contribution in [2.24, 2.45) is 5.92 Å². The van der Waals surface area contributed by atoms with Crippen molar-refractivity contribution in [1.29, 1.82) is 0 Å². The first-order valence-electron chi connectivity index (χ1n) is 10.4. The van der Waals surface area contributed by atoms with Crippen LogP contribution in [0.3, 0.4) is 0 Å². The van der Waals surface area contributed by atoms with Crippen LogP contribution in [-0.2, 0) is 14.2 Å². The zero-order valence-electron chi connectivity index (χ0n) is 18.3. The van der Waals surface area contributed by atoms with Gasteiger partial charge in [-0.05, 0) is 51.3 Å². The van der Waals surface area contributed by atoms with Crippen LogP contribution in [0, 0.1) is 5.92 Å². The van der Waals surface area contributed by atoms with Crippen molar-refractivity contribution in [3.05, 3.63) is 34.9 Å². The number of methoxy groups -OCH3 is 1. The molecule has 2 rings (SSSR count). The first kappa shape index (κ1) is 24.3. The highest BCUT2D eigenvalue weighted by atomic mass is 35.5. The molecule has 30 heavy (non-hydrogen) atoms. The molecule has 1 aromatic carbocycles. The molecular formula is C22H33ClN2O5. The average Bonchev–Trinajstić information content (AvgIpc) is 2.92. The Labute approximate surface area is 184 Å². The van der Waals surface area contributed by atoms with Crippen LogP contribution >= 0.6 is 11.6 Å². The number of benzene rings is 1. The Kier molecular flexibility index (Phi) is 9.24. The molecule has 0 aromatic heterocycles. The van der Waals surface area contributed by atoms with Crippen molar-refractivity contribution in [3.63, 3.8) is 0 Å². The van der Waals surface area contributed by atoms with Gasteiger partial charge in [0.1, 0.15) is 5.60 Å². The maximum atomic E-state index is 12.7. The van der Waals surface area contributed by atoms with Gasteiger partial charge in [-0.3, -0.25) is 0 Å². The van der Waals surface area contributed by atoms with Crippen LogP contribution in [0.25, 0.3) is 0 Å². The first-order chi connectivity index (χ1) is 14.2. The van der Waals surface area contributed by atoms with Crippen LogP contribution in [0.2, 0.25) is 5.02 Å². The van der Waals surface area contributed by atoms with Crippen molar-refractivity contribution in [2.75, 3.05) is 33.4 Å². The molecule has 0 radical (unpaired) electrons. The lowest BCUT2D eigenvalue weighted by molar-refractivity contribution is -0.00821. The summed E-state index contributed by atoms with van der Waals surface area (Å²) in [6, 6.07) is 7.58. The minimum absolute atomic E-state index is 0.0802. The van der Waals surface area contributed by atoms with E-state index >= 15 is 0 Å². The van der Waals surface area contributed by atoms with Gasteiger partial charge in [0.05, 0.1) is 19.8 Å². The van der Waals surface area contributed by atoms with Crippen LogP contribution in [0.4, 0.5) is 9.59 Å². The minimum atomic E-state index is -0.540. The average molecular weight is 441 g/mol. The summed E-state index contributed by atoms with van der Waals surface area (Å²) in [5.74, 6) is 0.0802. The smallest absolute Gasteiger partial charge is 0.410 e. The molecule has 1 aliphatic rings. The third-order valence-corrected chi connectivity index (χ3v) is 5.05. The van der Waals surface area contributed by atoms with Crippen LogP contribution in [0.1, 0.15) is 51.7 Å². The summed E-state index contributed by atoms with van der Waals surface area (Å²) < 4.78 is 16.4. The van der Waals surface area contributed by atoms with E-state index in [4.69, 9.17) is 21.1 Å². The fraction of sp³-hybridized carbons (Fsp3) is 0.636. The lowest BCUT2D eigenvalue weighted by atomic mass is 9.91. The Bertz CT molecular complexity index is 707. The van der Waals surface area contributed by atoms with Gasteiger partial charge in [-0.25, -0.2) is 9.59 Å². The summed E-state index contributed by atoms with van der Waals surface area (Å²) in [6.45, 7) is 7.45. The van der Waals surface area contributed by atoms with Gasteiger partial charge in [0.25, 0.3) is 0 Å². The Morgan fingerprint density at radius 3 is 2.73 bits per heavy atom. The third-order valence-electron chi connectivity index (χ3n) is 4.82. The number of nitrogens with one attached hydrogen (secondary N) is 1. The van der Waals surface area contributed by atoms with E-state index < -0.39 is 11.7 Å². The SMILES string of the molecule is COC(=O)NCCO[C@@H](c1cccc(Cl)c1)[C@@H]1CCCCN(C(=O)OC(C)(C)C)C1. The van der Waals surface area contributed by atoms with E-state index in [0.29, 0.717) is 31.3 Å². The van der Waals surface area contributed by atoms with Crippen molar-refractivity contribution in [3.8, 4) is 0 Å². The predicted octanol–water partition coefficient (Wildman–Crippen LogP) is 4.79. The molecule has 0 spiro atoms. The summed E-state index contributed by atoms with van der Waals surface area (Å²) in [5.41, 5.74) is 0.415. The summed E-state index contributed by atoms with van der Waals surface area (Å²) >= 11 is 6.22. The van der Waals surface area contributed by atoms with Crippen LogP contribution < -0.4 is 5.32 Å². The predicted molar refractivity (Wildman–Crippen MR) is 116 cm³/mol. The third kappa shape index (κ3) is 8.03. The van der Waals surface area contributed by atoms with E-state index in [-0.39, 0.29) is 18.1 Å². The second-order valence-corrected chi connectivity index (χ2v) is 8.88. The Morgan fingerprint density at radius 2 is 2.07 bits per heavy atom. The number of hydrogen-bond acceptors (Lipinski definition) is 5. The molecule has 8 heteroatoms. The highest BCUT2D eigenvalue weighted by Gasteiger charge is 2.32. The Hall–Kier alpha value is -1.99. The van der Waals surface area contributed by atoms with Crippen LogP contribution in [0.15, 0.2) is 24.3 Å². The second-order valence-electron chi connectivity index (χ2n) is 8.45. The lowest BCUT2D eigenvalue weighted by Gasteiger charge is -2.32. The molecule has 1 aromatic rings. The molecule has 0 aliphatic carbocycles. The standard InChI is InChI=1S/C22H33ClN2O5/c1-22(2,3)30-21(27)25-12-6-5-8-17(15-25)19(16-9-7-10-18(23)14-16)29-13-11-24-20(26)28-4/h7,9-10,14,17,19H,5-6,8,11-13,15H2,1-4H3,(H,24,26)/t17-,19+/m1/s1. The minimum Gasteiger partial charge on any atom is -0.453 e. The number of carbonyl (C=O) groups is 2. The number of rotatable bonds is 6. The molecule has 2 amide bonds. The first-order valence-corrected chi connectivity index (χ1v) is 10.7. The monoisotopic (exact) mass is 440 g/mol. The number of halogens is 1. The summed E-state index contributed by atoms with van der Waals surface area (Å²) in [6.07, 6.45) is 1.77.